The van der Waals surface area contributed by atoms with E-state index < -0.39 is 64.8 Å². The van der Waals surface area contributed by atoms with Crippen LogP contribution in [-0.4, -0.2) is 47.5 Å². The van der Waals surface area contributed by atoms with Crippen molar-refractivity contribution < 1.29 is 37.0 Å². The number of halogens is 3. The average molecular weight is 415 g/mol. The molecule has 2 atom stereocenters. The molecule has 1 aliphatic rings. The molecule has 160 valence electrons. The zero-order chi connectivity index (χ0) is 21.9. The molecular formula is C20H24F3NO5. The van der Waals surface area contributed by atoms with Gasteiger partial charge in [-0.2, -0.15) is 0 Å². The van der Waals surface area contributed by atoms with Gasteiger partial charge in [-0.3, -0.25) is 14.5 Å². The quantitative estimate of drug-likeness (QED) is 0.416. The highest BCUT2D eigenvalue weighted by Gasteiger charge is 2.44. The van der Waals surface area contributed by atoms with Crippen LogP contribution in [0.25, 0.3) is 0 Å². The summed E-state index contributed by atoms with van der Waals surface area (Å²) in [6, 6.07) is 0.304. The highest BCUT2D eigenvalue weighted by atomic mass is 19.2. The fraction of sp³-hybridized carbons (Fsp3) is 0.550. The lowest BCUT2D eigenvalue weighted by Crippen LogP contribution is -2.44. The van der Waals surface area contributed by atoms with Gasteiger partial charge in [0.05, 0.1) is 12.6 Å². The number of esters is 1. The molecule has 0 N–H and O–H groups in total. The summed E-state index contributed by atoms with van der Waals surface area (Å²) >= 11 is 0. The molecule has 0 spiro atoms. The lowest BCUT2D eigenvalue weighted by atomic mass is 9.93. The summed E-state index contributed by atoms with van der Waals surface area (Å²) in [5.74, 6) is -5.96. The monoisotopic (exact) mass is 415 g/mol. The van der Waals surface area contributed by atoms with Crippen LogP contribution in [0.4, 0.5) is 18.0 Å². The van der Waals surface area contributed by atoms with Gasteiger partial charge in [-0.25, -0.2) is 18.0 Å². The van der Waals surface area contributed by atoms with Gasteiger partial charge < -0.3 is 9.47 Å². The third-order valence-corrected chi connectivity index (χ3v) is 4.41. The average Bonchev–Trinajstić information content (AvgIpc) is 3.02. The van der Waals surface area contributed by atoms with Crippen LogP contribution in [0, 0.1) is 17.5 Å². The number of ketones is 1. The van der Waals surface area contributed by atoms with E-state index in [0.717, 1.165) is 11.0 Å². The Kier molecular flexibility index (Phi) is 6.92. The van der Waals surface area contributed by atoms with Crippen LogP contribution in [0.2, 0.25) is 0 Å². The fourth-order valence-electron chi connectivity index (χ4n) is 3.26. The van der Waals surface area contributed by atoms with Crippen molar-refractivity contribution in [3.63, 3.8) is 0 Å². The Morgan fingerprint density at radius 1 is 1.14 bits per heavy atom. The summed E-state index contributed by atoms with van der Waals surface area (Å²) < 4.78 is 52.1. The molecule has 1 aromatic rings. The van der Waals surface area contributed by atoms with Crippen LogP contribution >= 0.6 is 0 Å². The molecule has 1 unspecified atom stereocenters. The number of carbonyl (C=O) groups is 3. The maximum Gasteiger partial charge on any atom is 0.410 e. The van der Waals surface area contributed by atoms with E-state index >= 15 is 0 Å². The molecule has 0 aromatic heterocycles. The lowest BCUT2D eigenvalue weighted by molar-refractivity contribution is -0.146. The first-order chi connectivity index (χ1) is 13.4. The maximum absolute atomic E-state index is 14.2. The number of ether oxygens (including phenoxy) is 2. The summed E-state index contributed by atoms with van der Waals surface area (Å²) in [5, 5.41) is 0. The van der Waals surface area contributed by atoms with Gasteiger partial charge in [0.1, 0.15) is 17.8 Å². The van der Waals surface area contributed by atoms with E-state index in [1.54, 1.807) is 27.7 Å². The Morgan fingerprint density at radius 2 is 1.76 bits per heavy atom. The smallest absolute Gasteiger partial charge is 0.410 e. The number of rotatable bonds is 5. The summed E-state index contributed by atoms with van der Waals surface area (Å²) in [4.78, 5) is 37.9. The Hall–Kier alpha value is -2.58. The van der Waals surface area contributed by atoms with E-state index in [1.165, 1.54) is 0 Å². The largest absolute Gasteiger partial charge is 0.466 e. The van der Waals surface area contributed by atoms with Gasteiger partial charge in [-0.1, -0.05) is 0 Å². The van der Waals surface area contributed by atoms with Gasteiger partial charge in [0.2, 0.25) is 0 Å². The number of Topliss-reactive ketones (excluding diaryl/α,β-unsaturated/α-hetero) is 1. The van der Waals surface area contributed by atoms with Gasteiger partial charge in [-0.15, -0.1) is 0 Å². The number of likely N-dealkylation sites (tertiary alicyclic amines) is 1. The molecule has 0 saturated carbocycles. The molecule has 1 aromatic carbocycles. The third-order valence-electron chi connectivity index (χ3n) is 4.41. The number of hydrogen-bond acceptors (Lipinski definition) is 5. The number of carbonyl (C=O) groups excluding carboxylic acids is 3. The second-order valence-electron chi connectivity index (χ2n) is 7.79. The molecule has 1 saturated heterocycles. The van der Waals surface area contributed by atoms with Crippen LogP contribution in [0.1, 0.15) is 52.0 Å². The number of nitrogens with zero attached hydrogens (tertiary/aromatic N) is 1. The predicted octanol–water partition coefficient (Wildman–Crippen LogP) is 3.72. The molecule has 6 nitrogen and oxygen atoms in total. The minimum Gasteiger partial charge on any atom is -0.466 e. The summed E-state index contributed by atoms with van der Waals surface area (Å²) in [6.45, 7) is 6.27. The zero-order valence-electron chi connectivity index (χ0n) is 16.8. The van der Waals surface area contributed by atoms with Gasteiger partial charge >= 0.3 is 12.1 Å². The van der Waals surface area contributed by atoms with Crippen molar-refractivity contribution in [2.45, 2.75) is 58.1 Å². The molecule has 9 heteroatoms. The maximum atomic E-state index is 14.2. The van der Waals surface area contributed by atoms with Crippen molar-refractivity contribution in [1.82, 2.24) is 4.90 Å². The molecule has 29 heavy (non-hydrogen) atoms. The van der Waals surface area contributed by atoms with E-state index in [0.29, 0.717) is 6.07 Å². The Balaban J connectivity index is 2.33. The minimum absolute atomic E-state index is 0.0783. The fourth-order valence-corrected chi connectivity index (χ4v) is 3.26. The standard InChI is InChI=1S/C20H24F3NO5/c1-5-28-16(26)9-15(25)14-8-11(10-24(14)19(27)29-20(2,3)4)17-12(21)6-7-13(22)18(17)23/h6-7,11,14H,5,8-10H2,1-4H3/t11-,14?/m1/s1. The summed E-state index contributed by atoms with van der Waals surface area (Å²) in [6.07, 6.45) is -1.63. The lowest BCUT2D eigenvalue weighted by Gasteiger charge is -2.27. The van der Waals surface area contributed by atoms with Crippen molar-refractivity contribution in [1.29, 1.82) is 0 Å². The van der Waals surface area contributed by atoms with Gasteiger partial charge in [0, 0.05) is 18.0 Å². The zero-order valence-corrected chi connectivity index (χ0v) is 16.8. The van der Waals surface area contributed by atoms with Crippen LogP contribution in [-0.2, 0) is 19.1 Å². The topological polar surface area (TPSA) is 72.9 Å². The van der Waals surface area contributed by atoms with Gasteiger partial charge in [0.25, 0.3) is 0 Å². The predicted molar refractivity (Wildman–Crippen MR) is 96.7 cm³/mol. The second kappa shape index (κ2) is 8.84. The van der Waals surface area contributed by atoms with Gasteiger partial charge in [-0.05, 0) is 46.2 Å². The second-order valence-corrected chi connectivity index (χ2v) is 7.79. The van der Waals surface area contributed by atoms with E-state index in [9.17, 15) is 27.6 Å². The van der Waals surface area contributed by atoms with Crippen LogP contribution in [0.15, 0.2) is 12.1 Å². The SMILES string of the molecule is CCOC(=O)CC(=O)C1C[C@@H](c2c(F)ccc(F)c2F)CN1C(=O)OC(C)(C)C. The van der Waals surface area contributed by atoms with Crippen LogP contribution in [0.5, 0.6) is 0 Å². The molecule has 2 rings (SSSR count). The van der Waals surface area contributed by atoms with Crippen molar-refractivity contribution in [2.24, 2.45) is 0 Å². The van der Waals surface area contributed by atoms with Crippen molar-refractivity contribution in [2.75, 3.05) is 13.2 Å². The van der Waals surface area contributed by atoms with Crippen molar-refractivity contribution in [3.05, 3.63) is 35.1 Å². The molecule has 0 aliphatic carbocycles. The highest BCUT2D eigenvalue weighted by molar-refractivity contribution is 6.00. The van der Waals surface area contributed by atoms with E-state index in [2.05, 4.69) is 0 Å². The Labute approximate surface area is 167 Å². The van der Waals surface area contributed by atoms with Crippen LogP contribution in [0.3, 0.4) is 0 Å². The number of hydrogen-bond donors (Lipinski definition) is 0. The molecule has 1 heterocycles. The molecule has 1 aliphatic heterocycles. The minimum atomic E-state index is -1.36. The van der Waals surface area contributed by atoms with E-state index in [4.69, 9.17) is 9.47 Å². The number of benzene rings is 1. The third kappa shape index (κ3) is 5.48. The van der Waals surface area contributed by atoms with Crippen LogP contribution < -0.4 is 0 Å². The molecule has 1 amide bonds. The molecule has 1 fully saturated rings. The Bertz CT molecular complexity index is 806. The van der Waals surface area contributed by atoms with Gasteiger partial charge in [0.15, 0.2) is 17.4 Å². The summed E-state index contributed by atoms with van der Waals surface area (Å²) in [7, 11) is 0. The molecule has 0 bridgehead atoms. The van der Waals surface area contributed by atoms with E-state index in [1.807, 2.05) is 0 Å². The Morgan fingerprint density at radius 3 is 2.34 bits per heavy atom. The molecular weight excluding hydrogens is 391 g/mol. The number of amides is 1. The highest BCUT2D eigenvalue weighted by Crippen LogP contribution is 2.36. The van der Waals surface area contributed by atoms with E-state index in [-0.39, 0.29) is 19.6 Å². The first kappa shape index (κ1) is 22.7. The first-order valence-electron chi connectivity index (χ1n) is 9.26. The van der Waals surface area contributed by atoms with Crippen molar-refractivity contribution in [3.8, 4) is 0 Å². The first-order valence-corrected chi connectivity index (χ1v) is 9.26. The summed E-state index contributed by atoms with van der Waals surface area (Å²) in [5.41, 5.74) is -1.41. The molecule has 0 radical (unpaired) electrons. The normalized spacial score (nSPS) is 19.2. The van der Waals surface area contributed by atoms with Crippen molar-refractivity contribution >= 4 is 17.8 Å².